The highest BCUT2D eigenvalue weighted by Gasteiger charge is 2.18. The van der Waals surface area contributed by atoms with E-state index >= 15 is 0 Å². The quantitative estimate of drug-likeness (QED) is 0.452. The Hall–Kier alpha value is -3.75. The van der Waals surface area contributed by atoms with Gasteiger partial charge in [0.15, 0.2) is 6.61 Å². The van der Waals surface area contributed by atoms with Crippen LogP contribution in [0, 0.1) is 29.8 Å². The second-order valence-corrected chi connectivity index (χ2v) is 6.73. The van der Waals surface area contributed by atoms with Gasteiger partial charge in [0.2, 0.25) is 5.75 Å². The number of rotatable bonds is 8. The topological polar surface area (TPSA) is 99.3 Å². The smallest absolute Gasteiger partial charge is 0.311 e. The van der Waals surface area contributed by atoms with Crippen LogP contribution in [0.5, 0.6) is 5.75 Å². The fraction of sp³-hybridized carbons (Fsp3) is 0.238. The van der Waals surface area contributed by atoms with E-state index in [1.807, 2.05) is 48.9 Å². The molecule has 0 aliphatic carbocycles. The maximum absolute atomic E-state index is 13.3. The Kier molecular flexibility index (Phi) is 6.41. The van der Waals surface area contributed by atoms with Crippen molar-refractivity contribution in [3.8, 4) is 5.75 Å². The molecule has 1 amide bonds. The van der Waals surface area contributed by atoms with Gasteiger partial charge in [0.05, 0.1) is 17.2 Å². The van der Waals surface area contributed by atoms with Crippen LogP contribution in [-0.2, 0) is 17.9 Å². The van der Waals surface area contributed by atoms with Gasteiger partial charge in [-0.15, -0.1) is 0 Å². The van der Waals surface area contributed by atoms with Gasteiger partial charge in [0.1, 0.15) is 5.82 Å². The van der Waals surface area contributed by atoms with Crippen molar-refractivity contribution in [1.82, 2.24) is 15.1 Å². The van der Waals surface area contributed by atoms with Gasteiger partial charge in [-0.05, 0) is 25.5 Å². The van der Waals surface area contributed by atoms with E-state index in [9.17, 15) is 19.3 Å². The summed E-state index contributed by atoms with van der Waals surface area (Å²) < 4.78 is 20.4. The molecule has 2 aromatic carbocycles. The summed E-state index contributed by atoms with van der Waals surface area (Å²) in [5.74, 6) is -1.46. The van der Waals surface area contributed by atoms with Crippen LogP contribution in [0.25, 0.3) is 0 Å². The number of nitrogens with zero attached hydrogens (tertiary/aromatic N) is 3. The summed E-state index contributed by atoms with van der Waals surface area (Å²) in [6.07, 6.45) is 0. The molecule has 8 nitrogen and oxygen atoms in total. The number of halogens is 1. The van der Waals surface area contributed by atoms with Crippen molar-refractivity contribution in [2.24, 2.45) is 0 Å². The number of carbonyl (C=O) groups is 1. The first-order valence-corrected chi connectivity index (χ1v) is 9.25. The molecule has 0 aliphatic heterocycles. The van der Waals surface area contributed by atoms with Crippen molar-refractivity contribution in [3.63, 3.8) is 0 Å². The first-order chi connectivity index (χ1) is 14.3. The van der Waals surface area contributed by atoms with Crippen molar-refractivity contribution in [1.29, 1.82) is 0 Å². The zero-order valence-corrected chi connectivity index (χ0v) is 16.6. The van der Waals surface area contributed by atoms with Crippen LogP contribution in [0.3, 0.4) is 0 Å². The highest BCUT2D eigenvalue weighted by molar-refractivity contribution is 5.77. The molecule has 156 valence electrons. The van der Waals surface area contributed by atoms with Crippen molar-refractivity contribution < 1.29 is 18.8 Å². The van der Waals surface area contributed by atoms with Crippen LogP contribution in [0.15, 0.2) is 48.5 Å². The number of aromatic nitrogens is 2. The molecule has 9 heteroatoms. The van der Waals surface area contributed by atoms with Crippen LogP contribution in [0.1, 0.15) is 22.5 Å². The SMILES string of the molecule is Cc1nn(Cc2ccccc2)c(C)c1CNC(=O)COc1cc(F)ccc1[N+](=O)[O-]. The van der Waals surface area contributed by atoms with Crippen LogP contribution in [0.2, 0.25) is 0 Å². The molecular weight excluding hydrogens is 391 g/mol. The molecule has 0 spiro atoms. The number of carbonyl (C=O) groups excluding carboxylic acids is 1. The van der Waals surface area contributed by atoms with Gasteiger partial charge < -0.3 is 10.1 Å². The van der Waals surface area contributed by atoms with E-state index in [-0.39, 0.29) is 12.3 Å². The number of hydrogen-bond acceptors (Lipinski definition) is 5. The maximum Gasteiger partial charge on any atom is 0.311 e. The van der Waals surface area contributed by atoms with Gasteiger partial charge >= 0.3 is 5.69 Å². The summed E-state index contributed by atoms with van der Waals surface area (Å²) in [5, 5.41) is 18.2. The standard InChI is InChI=1S/C21H21FN4O4/c1-14-18(15(2)25(24-14)12-16-6-4-3-5-7-16)11-23-21(27)13-30-20-10-17(22)8-9-19(20)26(28)29/h3-10H,11-13H2,1-2H3,(H,23,27). The Balaban J connectivity index is 1.60. The minimum Gasteiger partial charge on any atom is -0.477 e. The summed E-state index contributed by atoms with van der Waals surface area (Å²) in [6, 6.07) is 12.7. The Morgan fingerprint density at radius 2 is 1.97 bits per heavy atom. The largest absolute Gasteiger partial charge is 0.477 e. The van der Waals surface area contributed by atoms with Crippen molar-refractivity contribution in [2.45, 2.75) is 26.9 Å². The molecule has 3 aromatic rings. The third-order valence-corrected chi connectivity index (χ3v) is 4.65. The van der Waals surface area contributed by atoms with E-state index in [1.54, 1.807) is 0 Å². The zero-order valence-electron chi connectivity index (χ0n) is 16.6. The van der Waals surface area contributed by atoms with Gasteiger partial charge in [0.25, 0.3) is 5.91 Å². The highest BCUT2D eigenvalue weighted by atomic mass is 19.1. The van der Waals surface area contributed by atoms with E-state index in [0.29, 0.717) is 6.54 Å². The first kappa shape index (κ1) is 21.0. The number of nitro benzene ring substituents is 1. The van der Waals surface area contributed by atoms with Gasteiger partial charge in [-0.25, -0.2) is 4.39 Å². The second-order valence-electron chi connectivity index (χ2n) is 6.73. The molecule has 0 fully saturated rings. The molecular formula is C21H21FN4O4. The third-order valence-electron chi connectivity index (χ3n) is 4.65. The highest BCUT2D eigenvalue weighted by Crippen LogP contribution is 2.27. The molecule has 0 bridgehead atoms. The van der Waals surface area contributed by atoms with E-state index in [4.69, 9.17) is 4.74 Å². The summed E-state index contributed by atoms with van der Waals surface area (Å²) in [6.45, 7) is 4.17. The van der Waals surface area contributed by atoms with Crippen molar-refractivity contribution in [2.75, 3.05) is 6.61 Å². The fourth-order valence-corrected chi connectivity index (χ4v) is 3.04. The average molecular weight is 412 g/mol. The van der Waals surface area contributed by atoms with Crippen LogP contribution in [0.4, 0.5) is 10.1 Å². The molecule has 30 heavy (non-hydrogen) atoms. The van der Waals surface area contributed by atoms with Gasteiger partial charge in [-0.3, -0.25) is 19.6 Å². The van der Waals surface area contributed by atoms with Crippen molar-refractivity contribution >= 4 is 11.6 Å². The Labute approximate surface area is 172 Å². The molecule has 0 saturated heterocycles. The van der Waals surface area contributed by atoms with Crippen LogP contribution < -0.4 is 10.1 Å². The predicted octanol–water partition coefficient (Wildman–Crippen LogP) is 3.29. The van der Waals surface area contributed by atoms with Gasteiger partial charge in [-0.2, -0.15) is 5.10 Å². The monoisotopic (exact) mass is 412 g/mol. The molecule has 0 saturated carbocycles. The summed E-state index contributed by atoms with van der Waals surface area (Å²) in [4.78, 5) is 22.4. The van der Waals surface area contributed by atoms with E-state index in [0.717, 1.165) is 40.7 Å². The minimum absolute atomic E-state index is 0.236. The first-order valence-electron chi connectivity index (χ1n) is 9.25. The number of nitrogens with one attached hydrogen (secondary N) is 1. The summed E-state index contributed by atoms with van der Waals surface area (Å²) in [5.41, 5.74) is 3.32. The summed E-state index contributed by atoms with van der Waals surface area (Å²) in [7, 11) is 0. The lowest BCUT2D eigenvalue weighted by molar-refractivity contribution is -0.385. The van der Waals surface area contributed by atoms with Gasteiger partial charge in [-0.1, -0.05) is 30.3 Å². The molecule has 3 rings (SSSR count). The number of amides is 1. The summed E-state index contributed by atoms with van der Waals surface area (Å²) >= 11 is 0. The van der Waals surface area contributed by atoms with Crippen LogP contribution in [-0.4, -0.2) is 27.2 Å². The zero-order chi connectivity index (χ0) is 21.7. The predicted molar refractivity (Wildman–Crippen MR) is 108 cm³/mol. The minimum atomic E-state index is -0.694. The molecule has 0 radical (unpaired) electrons. The fourth-order valence-electron chi connectivity index (χ4n) is 3.04. The second kappa shape index (κ2) is 9.17. The number of nitro groups is 1. The molecule has 1 aromatic heterocycles. The number of benzene rings is 2. The van der Waals surface area contributed by atoms with E-state index < -0.39 is 28.9 Å². The van der Waals surface area contributed by atoms with E-state index in [1.165, 1.54) is 0 Å². The average Bonchev–Trinajstić information content (AvgIpc) is 2.98. The number of hydrogen-bond donors (Lipinski definition) is 1. The van der Waals surface area contributed by atoms with Gasteiger partial charge in [0, 0.05) is 29.9 Å². The Bertz CT molecular complexity index is 1070. The molecule has 0 atom stereocenters. The lowest BCUT2D eigenvalue weighted by Gasteiger charge is -2.09. The lowest BCUT2D eigenvalue weighted by atomic mass is 10.2. The maximum atomic E-state index is 13.3. The van der Waals surface area contributed by atoms with Crippen LogP contribution >= 0.6 is 0 Å². The van der Waals surface area contributed by atoms with E-state index in [2.05, 4.69) is 10.4 Å². The third kappa shape index (κ3) is 4.99. The lowest BCUT2D eigenvalue weighted by Crippen LogP contribution is -2.29. The molecule has 1 heterocycles. The van der Waals surface area contributed by atoms with Crippen molar-refractivity contribution in [3.05, 3.63) is 87.0 Å². The Morgan fingerprint density at radius 3 is 2.67 bits per heavy atom. The number of aryl methyl sites for hydroxylation is 1. The molecule has 0 aliphatic rings. The molecule has 1 N–H and O–H groups in total. The normalized spacial score (nSPS) is 10.6. The Morgan fingerprint density at radius 1 is 1.23 bits per heavy atom. The molecule has 0 unspecified atom stereocenters. The number of ether oxygens (including phenoxy) is 1.